The van der Waals surface area contributed by atoms with Crippen LogP contribution in [0.2, 0.25) is 0 Å². The molecule has 0 saturated heterocycles. The quantitative estimate of drug-likeness (QED) is 0.671. The lowest BCUT2D eigenvalue weighted by Crippen LogP contribution is -2.13. The molecule has 0 spiro atoms. The number of nitrogens with zero attached hydrogens (tertiary/aromatic N) is 3. The highest BCUT2D eigenvalue weighted by Crippen LogP contribution is 2.42. The third-order valence-corrected chi connectivity index (χ3v) is 5.09. The summed E-state index contributed by atoms with van der Waals surface area (Å²) in [5.41, 5.74) is 1.45. The van der Waals surface area contributed by atoms with E-state index in [2.05, 4.69) is 15.3 Å². The van der Waals surface area contributed by atoms with Crippen LogP contribution in [0.3, 0.4) is 0 Å². The van der Waals surface area contributed by atoms with E-state index in [0.29, 0.717) is 29.0 Å². The van der Waals surface area contributed by atoms with Gasteiger partial charge in [0, 0.05) is 18.9 Å². The summed E-state index contributed by atoms with van der Waals surface area (Å²) in [4.78, 5) is 10.6. The summed E-state index contributed by atoms with van der Waals surface area (Å²) in [6.07, 6.45) is 1.63. The van der Waals surface area contributed by atoms with Crippen molar-refractivity contribution in [3.05, 3.63) is 54.7 Å². The molecule has 1 aliphatic heterocycles. The minimum Gasteiger partial charge on any atom is -0.454 e. The van der Waals surface area contributed by atoms with Crippen molar-refractivity contribution in [1.82, 2.24) is 9.97 Å². The zero-order chi connectivity index (χ0) is 19.7. The summed E-state index contributed by atoms with van der Waals surface area (Å²) in [5, 5.41) is 8.15. The molecule has 10 heteroatoms. The first-order valence-electron chi connectivity index (χ1n) is 8.27. The van der Waals surface area contributed by atoms with Crippen LogP contribution in [0.1, 0.15) is 0 Å². The summed E-state index contributed by atoms with van der Waals surface area (Å²) in [6.45, 7) is 0.186. The molecule has 0 saturated carbocycles. The maximum atomic E-state index is 11.3. The van der Waals surface area contributed by atoms with E-state index in [1.165, 1.54) is 12.1 Å². The first kappa shape index (κ1) is 18.0. The summed E-state index contributed by atoms with van der Waals surface area (Å²) in [7, 11) is -1.87. The van der Waals surface area contributed by atoms with E-state index in [9.17, 15) is 8.42 Å². The predicted octanol–water partition coefficient (Wildman–Crippen LogP) is 2.36. The molecular weight excluding hydrogens is 382 g/mol. The first-order valence-corrected chi connectivity index (χ1v) is 9.82. The van der Waals surface area contributed by atoms with Gasteiger partial charge in [-0.25, -0.2) is 18.5 Å². The Bertz CT molecular complexity index is 1120. The van der Waals surface area contributed by atoms with Crippen molar-refractivity contribution in [2.75, 3.05) is 24.1 Å². The number of fused-ring (bicyclic) bond motifs is 1. The Balaban J connectivity index is 1.57. The number of anilines is 4. The molecule has 3 aromatic rings. The van der Waals surface area contributed by atoms with Gasteiger partial charge in [0.25, 0.3) is 0 Å². The normalized spacial score (nSPS) is 12.6. The molecule has 28 heavy (non-hydrogen) atoms. The number of nitrogens with one attached hydrogen (secondary N) is 1. The molecule has 9 nitrogen and oxygen atoms in total. The van der Waals surface area contributed by atoms with Gasteiger partial charge in [-0.3, -0.25) is 0 Å². The van der Waals surface area contributed by atoms with Crippen molar-refractivity contribution in [1.29, 1.82) is 0 Å². The van der Waals surface area contributed by atoms with Crippen LogP contribution in [-0.4, -0.2) is 32.2 Å². The second-order valence-electron chi connectivity index (χ2n) is 6.00. The topological polar surface area (TPSA) is 120 Å². The van der Waals surface area contributed by atoms with Crippen molar-refractivity contribution in [3.8, 4) is 11.5 Å². The summed E-state index contributed by atoms with van der Waals surface area (Å²) in [6, 6.07) is 13.4. The number of sulfonamides is 1. The number of hydrogen-bond acceptors (Lipinski definition) is 8. The summed E-state index contributed by atoms with van der Waals surface area (Å²) in [5.74, 6) is 2.35. The third kappa shape index (κ3) is 3.55. The van der Waals surface area contributed by atoms with Crippen LogP contribution < -0.4 is 24.8 Å². The number of para-hydroxylation sites is 1. The fourth-order valence-corrected chi connectivity index (χ4v) is 3.27. The van der Waals surface area contributed by atoms with E-state index < -0.39 is 10.0 Å². The Morgan fingerprint density at radius 2 is 1.89 bits per heavy atom. The van der Waals surface area contributed by atoms with Crippen molar-refractivity contribution in [3.63, 3.8) is 0 Å². The predicted molar refractivity (Wildman–Crippen MR) is 104 cm³/mol. The van der Waals surface area contributed by atoms with Gasteiger partial charge in [-0.1, -0.05) is 6.07 Å². The molecule has 0 bridgehead atoms. The summed E-state index contributed by atoms with van der Waals surface area (Å²) >= 11 is 0. The van der Waals surface area contributed by atoms with E-state index in [1.807, 2.05) is 30.1 Å². The van der Waals surface area contributed by atoms with Crippen LogP contribution in [-0.2, 0) is 10.0 Å². The fraction of sp³-hybridized carbons (Fsp3) is 0.111. The van der Waals surface area contributed by atoms with Crippen LogP contribution in [0, 0.1) is 0 Å². The van der Waals surface area contributed by atoms with Crippen LogP contribution in [0.15, 0.2) is 59.6 Å². The number of primary sulfonamides is 1. The molecule has 0 fully saturated rings. The molecule has 2 aromatic carbocycles. The van der Waals surface area contributed by atoms with Gasteiger partial charge in [0.15, 0.2) is 11.5 Å². The molecule has 0 unspecified atom stereocenters. The number of nitrogens with two attached hydrogens (primary N) is 1. The number of hydrogen-bond donors (Lipinski definition) is 2. The molecular formula is C18H17N5O4S. The molecule has 0 radical (unpaired) electrons. The highest BCUT2D eigenvalue weighted by Gasteiger charge is 2.21. The van der Waals surface area contributed by atoms with Crippen molar-refractivity contribution in [2.24, 2.45) is 5.14 Å². The van der Waals surface area contributed by atoms with Gasteiger partial charge in [-0.05, 0) is 42.5 Å². The van der Waals surface area contributed by atoms with Crippen molar-refractivity contribution in [2.45, 2.75) is 4.90 Å². The molecule has 2 heterocycles. The molecule has 0 amide bonds. The van der Waals surface area contributed by atoms with E-state index in [0.717, 1.165) is 5.69 Å². The highest BCUT2D eigenvalue weighted by atomic mass is 32.2. The molecule has 0 atom stereocenters. The largest absolute Gasteiger partial charge is 0.454 e. The molecule has 1 aromatic heterocycles. The second kappa shape index (κ2) is 6.98. The minimum atomic E-state index is -3.73. The Labute approximate surface area is 161 Å². The standard InChI is InChI=1S/C18H17N5O4S/c1-23(14-3-2-4-15-17(14)27-11-26-15)16-9-10-20-18(22-16)21-12-5-7-13(8-6-12)28(19,24)25/h2-10H,11H2,1H3,(H2,19,24,25)(H,20,21,22). The van der Waals surface area contributed by atoms with Gasteiger partial charge in [0.1, 0.15) is 5.82 Å². The third-order valence-electron chi connectivity index (χ3n) is 4.16. The van der Waals surface area contributed by atoms with Crippen molar-refractivity contribution < 1.29 is 17.9 Å². The van der Waals surface area contributed by atoms with Gasteiger partial charge < -0.3 is 19.7 Å². The molecule has 4 rings (SSSR count). The Morgan fingerprint density at radius 3 is 2.64 bits per heavy atom. The van der Waals surface area contributed by atoms with Gasteiger partial charge in [-0.2, -0.15) is 4.98 Å². The van der Waals surface area contributed by atoms with Gasteiger partial charge in [0.05, 0.1) is 10.6 Å². The van der Waals surface area contributed by atoms with E-state index in [4.69, 9.17) is 14.6 Å². The maximum absolute atomic E-state index is 11.3. The number of rotatable bonds is 5. The highest BCUT2D eigenvalue weighted by molar-refractivity contribution is 7.89. The number of ether oxygens (including phenoxy) is 2. The number of aromatic nitrogens is 2. The Hall–Kier alpha value is -3.37. The lowest BCUT2D eigenvalue weighted by atomic mass is 10.2. The maximum Gasteiger partial charge on any atom is 0.238 e. The van der Waals surface area contributed by atoms with Crippen LogP contribution >= 0.6 is 0 Å². The molecule has 3 N–H and O–H groups in total. The zero-order valence-electron chi connectivity index (χ0n) is 14.9. The van der Waals surface area contributed by atoms with E-state index in [-0.39, 0.29) is 11.7 Å². The Kier molecular flexibility index (Phi) is 4.49. The van der Waals surface area contributed by atoms with Crippen molar-refractivity contribution >= 4 is 33.2 Å². The average Bonchev–Trinajstić information content (AvgIpc) is 3.16. The first-order chi connectivity index (χ1) is 13.4. The van der Waals surface area contributed by atoms with E-state index >= 15 is 0 Å². The lowest BCUT2D eigenvalue weighted by Gasteiger charge is -2.20. The number of benzene rings is 2. The minimum absolute atomic E-state index is 0.0348. The van der Waals surface area contributed by atoms with E-state index in [1.54, 1.807) is 24.4 Å². The van der Waals surface area contributed by atoms with Gasteiger partial charge in [0.2, 0.25) is 22.8 Å². The van der Waals surface area contributed by atoms with Crippen LogP contribution in [0.4, 0.5) is 23.1 Å². The zero-order valence-corrected chi connectivity index (χ0v) is 15.7. The smallest absolute Gasteiger partial charge is 0.238 e. The monoisotopic (exact) mass is 399 g/mol. The van der Waals surface area contributed by atoms with Gasteiger partial charge >= 0.3 is 0 Å². The molecule has 0 aliphatic carbocycles. The SMILES string of the molecule is CN(c1ccnc(Nc2ccc(S(N)(=O)=O)cc2)n1)c1cccc2c1OCO2. The Morgan fingerprint density at radius 1 is 1.11 bits per heavy atom. The van der Waals surface area contributed by atoms with Crippen LogP contribution in [0.5, 0.6) is 11.5 Å². The fourth-order valence-electron chi connectivity index (χ4n) is 2.76. The molecule has 144 valence electrons. The summed E-state index contributed by atoms with van der Waals surface area (Å²) < 4.78 is 33.7. The van der Waals surface area contributed by atoms with Crippen LogP contribution in [0.25, 0.3) is 0 Å². The lowest BCUT2D eigenvalue weighted by molar-refractivity contribution is 0.174. The molecule has 1 aliphatic rings. The van der Waals surface area contributed by atoms with Gasteiger partial charge in [-0.15, -0.1) is 0 Å². The second-order valence-corrected chi connectivity index (χ2v) is 7.56. The average molecular weight is 399 g/mol.